The van der Waals surface area contributed by atoms with Gasteiger partial charge in [0.2, 0.25) is 5.91 Å². The zero-order chi connectivity index (χ0) is 17.9. The van der Waals surface area contributed by atoms with Gasteiger partial charge in [0.15, 0.2) is 0 Å². The van der Waals surface area contributed by atoms with Crippen LogP contribution in [0.4, 0.5) is 0 Å². The van der Waals surface area contributed by atoms with Gasteiger partial charge in [-0.25, -0.2) is 0 Å². The normalized spacial score (nSPS) is 33.8. The Morgan fingerprint density at radius 2 is 2.04 bits per heavy atom. The van der Waals surface area contributed by atoms with Crippen LogP contribution in [0.15, 0.2) is 30.5 Å². The predicted octanol–water partition coefficient (Wildman–Crippen LogP) is 4.47. The van der Waals surface area contributed by atoms with Crippen molar-refractivity contribution in [1.29, 1.82) is 0 Å². The molecule has 2 aliphatic carbocycles. The van der Waals surface area contributed by atoms with Crippen LogP contribution in [0.2, 0.25) is 0 Å². The van der Waals surface area contributed by atoms with Crippen LogP contribution in [0.3, 0.4) is 0 Å². The first-order valence-corrected chi connectivity index (χ1v) is 10.0. The minimum Gasteiger partial charge on any atom is -0.378 e. The summed E-state index contributed by atoms with van der Waals surface area (Å²) in [7, 11) is 1.86. The molecule has 4 bridgehead atoms. The number of benzene rings is 1. The lowest BCUT2D eigenvalue weighted by molar-refractivity contribution is -0.183. The van der Waals surface area contributed by atoms with Crippen molar-refractivity contribution in [2.45, 2.75) is 69.1 Å². The summed E-state index contributed by atoms with van der Waals surface area (Å²) in [6.07, 6.45) is 8.29. The molecule has 2 saturated carbocycles. The molecule has 1 aromatic carbocycles. The molecule has 3 heterocycles. The Hall–Kier alpha value is -1.81. The van der Waals surface area contributed by atoms with E-state index in [0.717, 1.165) is 24.3 Å². The number of para-hydroxylation sites is 1. The smallest absolute Gasteiger partial charge is 0.223 e. The average molecular weight is 354 g/mol. The first kappa shape index (κ1) is 16.4. The summed E-state index contributed by atoms with van der Waals surface area (Å²) in [5.74, 6) is 1.32. The van der Waals surface area contributed by atoms with E-state index in [9.17, 15) is 4.79 Å². The highest BCUT2D eigenvalue weighted by molar-refractivity contribution is 5.85. The lowest BCUT2D eigenvalue weighted by atomic mass is 9.61. The SMILES string of the molecule is COC12CC3CC(C1)N(C(=O)CC(C)c1c[nH]c4ccccc14)C(C3)C2.[HH]. The predicted molar refractivity (Wildman–Crippen MR) is 104 cm³/mol. The zero-order valence-electron chi connectivity index (χ0n) is 15.7. The minimum atomic E-state index is 0. The fraction of sp³-hybridized carbons (Fsp3) is 0.591. The Balaban J connectivity index is 0.00000180. The number of carbonyl (C=O) groups excluding carboxylic acids is 1. The number of carbonyl (C=O) groups is 1. The van der Waals surface area contributed by atoms with Gasteiger partial charge in [0.05, 0.1) is 5.60 Å². The van der Waals surface area contributed by atoms with Gasteiger partial charge in [-0.1, -0.05) is 25.1 Å². The first-order valence-electron chi connectivity index (χ1n) is 10.0. The van der Waals surface area contributed by atoms with E-state index in [2.05, 4.69) is 41.2 Å². The molecule has 2 aliphatic heterocycles. The van der Waals surface area contributed by atoms with Gasteiger partial charge in [0.25, 0.3) is 0 Å². The lowest BCUT2D eigenvalue weighted by Gasteiger charge is -2.61. The summed E-state index contributed by atoms with van der Waals surface area (Å²) < 4.78 is 5.92. The van der Waals surface area contributed by atoms with Gasteiger partial charge in [0, 0.05) is 44.1 Å². The lowest BCUT2D eigenvalue weighted by Crippen LogP contribution is -2.66. The van der Waals surface area contributed by atoms with Crippen LogP contribution in [0, 0.1) is 5.92 Å². The van der Waals surface area contributed by atoms with Crippen molar-refractivity contribution >= 4 is 16.8 Å². The van der Waals surface area contributed by atoms with E-state index in [-0.39, 0.29) is 12.9 Å². The van der Waals surface area contributed by atoms with Crippen molar-refractivity contribution < 1.29 is 11.0 Å². The van der Waals surface area contributed by atoms with Crippen LogP contribution in [0.1, 0.15) is 58.4 Å². The number of nitrogens with zero attached hydrogens (tertiary/aromatic N) is 1. The molecule has 1 amide bonds. The van der Waals surface area contributed by atoms with Crippen molar-refractivity contribution in [2.75, 3.05) is 7.11 Å². The van der Waals surface area contributed by atoms with Crippen LogP contribution in [0.5, 0.6) is 0 Å². The summed E-state index contributed by atoms with van der Waals surface area (Å²) in [4.78, 5) is 18.8. The number of amides is 1. The molecule has 26 heavy (non-hydrogen) atoms. The molecule has 6 rings (SSSR count). The number of nitrogens with one attached hydrogen (secondary N) is 1. The molecule has 1 aromatic heterocycles. The quantitative estimate of drug-likeness (QED) is 0.881. The van der Waals surface area contributed by atoms with Crippen molar-refractivity contribution in [3.05, 3.63) is 36.0 Å². The van der Waals surface area contributed by atoms with E-state index in [1.54, 1.807) is 0 Å². The van der Waals surface area contributed by atoms with Crippen molar-refractivity contribution in [2.24, 2.45) is 5.92 Å². The monoisotopic (exact) mass is 354 g/mol. The van der Waals surface area contributed by atoms with E-state index < -0.39 is 0 Å². The molecule has 3 unspecified atom stereocenters. The number of ether oxygens (including phenoxy) is 1. The second-order valence-electron chi connectivity index (χ2n) is 8.84. The van der Waals surface area contributed by atoms with Crippen LogP contribution < -0.4 is 0 Å². The Kier molecular flexibility index (Phi) is 3.68. The molecule has 4 nitrogen and oxygen atoms in total. The minimum absolute atomic E-state index is 0. The molecule has 4 heteroatoms. The van der Waals surface area contributed by atoms with Gasteiger partial charge in [-0.2, -0.15) is 0 Å². The van der Waals surface area contributed by atoms with Crippen LogP contribution in [-0.2, 0) is 9.53 Å². The topological polar surface area (TPSA) is 45.3 Å². The molecule has 0 radical (unpaired) electrons. The summed E-state index contributed by atoms with van der Waals surface area (Å²) in [6.45, 7) is 2.18. The third kappa shape index (κ3) is 2.42. The Morgan fingerprint density at radius 1 is 1.31 bits per heavy atom. The van der Waals surface area contributed by atoms with Crippen molar-refractivity contribution in [1.82, 2.24) is 9.88 Å². The Morgan fingerprint density at radius 3 is 2.77 bits per heavy atom. The van der Waals surface area contributed by atoms with Crippen LogP contribution in [-0.4, -0.2) is 40.6 Å². The van der Waals surface area contributed by atoms with E-state index in [4.69, 9.17) is 4.74 Å². The highest BCUT2D eigenvalue weighted by Crippen LogP contribution is 2.53. The first-order chi connectivity index (χ1) is 12.6. The van der Waals surface area contributed by atoms with Crippen LogP contribution in [0.25, 0.3) is 10.9 Å². The third-order valence-corrected chi connectivity index (χ3v) is 7.23. The molecule has 2 aromatic rings. The van der Waals surface area contributed by atoms with Gasteiger partial charge in [0.1, 0.15) is 0 Å². The molecule has 4 fully saturated rings. The number of H-pyrrole nitrogens is 1. The molecule has 3 atom stereocenters. The number of fused-ring (bicyclic) bond motifs is 1. The van der Waals surface area contributed by atoms with E-state index in [1.807, 2.05) is 13.2 Å². The van der Waals surface area contributed by atoms with Gasteiger partial charge in [-0.3, -0.25) is 4.79 Å². The fourth-order valence-corrected chi connectivity index (χ4v) is 6.19. The maximum Gasteiger partial charge on any atom is 0.223 e. The molecular formula is C22H30N2O2. The van der Waals surface area contributed by atoms with Gasteiger partial charge in [-0.05, 0) is 55.6 Å². The maximum atomic E-state index is 13.2. The Labute approximate surface area is 156 Å². The van der Waals surface area contributed by atoms with Crippen LogP contribution >= 0.6 is 0 Å². The zero-order valence-corrected chi connectivity index (χ0v) is 15.7. The van der Waals surface area contributed by atoms with E-state index in [0.29, 0.717) is 24.4 Å². The number of rotatable bonds is 4. The number of hydrogen-bond acceptors (Lipinski definition) is 2. The molecule has 0 spiro atoms. The average Bonchev–Trinajstić information content (AvgIpc) is 3.05. The van der Waals surface area contributed by atoms with E-state index >= 15 is 0 Å². The number of aromatic nitrogens is 1. The maximum absolute atomic E-state index is 13.2. The summed E-state index contributed by atoms with van der Waals surface area (Å²) in [5, 5.41) is 1.24. The number of methoxy groups -OCH3 is 1. The number of aromatic amines is 1. The van der Waals surface area contributed by atoms with E-state index in [1.165, 1.54) is 30.2 Å². The summed E-state index contributed by atoms with van der Waals surface area (Å²) >= 11 is 0. The number of piperidine rings is 2. The standard InChI is InChI=1S/C22H28N2O2.H2/c1-14(19-13-23-20-6-4-3-5-18(19)20)7-21(25)24-16-8-15-9-17(24)12-22(10-15,11-16)26-2;/h3-6,13-17,23H,7-12H2,1-2H3;1H. The molecule has 4 aliphatic rings. The largest absolute Gasteiger partial charge is 0.378 e. The summed E-state index contributed by atoms with van der Waals surface area (Å²) in [5.41, 5.74) is 2.46. The van der Waals surface area contributed by atoms with Gasteiger partial charge in [-0.15, -0.1) is 0 Å². The number of hydrogen-bond donors (Lipinski definition) is 1. The third-order valence-electron chi connectivity index (χ3n) is 7.23. The Bertz CT molecular complexity index is 832. The molecule has 2 saturated heterocycles. The molecule has 1 N–H and O–H groups in total. The fourth-order valence-electron chi connectivity index (χ4n) is 6.19. The molecular weight excluding hydrogens is 324 g/mol. The summed E-state index contributed by atoms with van der Waals surface area (Å²) in [6, 6.07) is 9.14. The molecule has 140 valence electrons. The van der Waals surface area contributed by atoms with Crippen molar-refractivity contribution in [3.8, 4) is 0 Å². The van der Waals surface area contributed by atoms with Gasteiger partial charge < -0.3 is 14.6 Å². The second-order valence-corrected chi connectivity index (χ2v) is 8.84. The van der Waals surface area contributed by atoms with Crippen molar-refractivity contribution in [3.63, 3.8) is 0 Å². The highest BCUT2D eigenvalue weighted by Gasteiger charge is 2.55. The highest BCUT2D eigenvalue weighted by atomic mass is 16.5. The second kappa shape index (κ2) is 5.85. The van der Waals surface area contributed by atoms with Gasteiger partial charge >= 0.3 is 0 Å².